The van der Waals surface area contributed by atoms with Crippen LogP contribution in [-0.2, 0) is 22.4 Å². The smallest absolute Gasteiger partial charge is 0.254 e. The molecule has 2 fully saturated rings. The van der Waals surface area contributed by atoms with Crippen molar-refractivity contribution in [3.63, 3.8) is 0 Å². The van der Waals surface area contributed by atoms with Gasteiger partial charge in [0.25, 0.3) is 5.56 Å². The number of ether oxygens (including phenoxy) is 1. The molecule has 2 bridgehead atoms. The van der Waals surface area contributed by atoms with Gasteiger partial charge in [0, 0.05) is 43.5 Å². The van der Waals surface area contributed by atoms with Crippen LogP contribution in [0.2, 0.25) is 0 Å². The number of aromatic nitrogens is 2. The third-order valence-corrected chi connectivity index (χ3v) is 6.27. The van der Waals surface area contributed by atoms with Crippen LogP contribution in [0.15, 0.2) is 4.79 Å². The SMILES string of the molecule is CO[C@H]1CCC[C@H](C(=O)N2[C@H]3CC[C@H]2Cc2c(nc(C)[nH]c2=O)C3)C1. The van der Waals surface area contributed by atoms with Crippen LogP contribution in [0.3, 0.4) is 0 Å². The molecule has 0 spiro atoms. The minimum absolute atomic E-state index is 0.0282. The van der Waals surface area contributed by atoms with Gasteiger partial charge in [-0.3, -0.25) is 9.59 Å². The molecule has 4 atom stereocenters. The summed E-state index contributed by atoms with van der Waals surface area (Å²) >= 11 is 0. The van der Waals surface area contributed by atoms with Crippen molar-refractivity contribution in [1.29, 1.82) is 0 Å². The van der Waals surface area contributed by atoms with Crippen LogP contribution >= 0.6 is 0 Å². The number of aromatic amines is 1. The fourth-order valence-corrected chi connectivity index (χ4v) is 5.02. The summed E-state index contributed by atoms with van der Waals surface area (Å²) in [6.45, 7) is 1.82. The van der Waals surface area contributed by atoms with E-state index in [1.165, 1.54) is 0 Å². The van der Waals surface area contributed by atoms with Gasteiger partial charge in [0.2, 0.25) is 5.91 Å². The molecule has 1 saturated carbocycles. The number of fused-ring (bicyclic) bond motifs is 3. The van der Waals surface area contributed by atoms with Gasteiger partial charge in [-0.15, -0.1) is 0 Å². The summed E-state index contributed by atoms with van der Waals surface area (Å²) in [6.07, 6.45) is 7.46. The number of nitrogens with one attached hydrogen (secondary N) is 1. The van der Waals surface area contributed by atoms with E-state index in [0.29, 0.717) is 18.7 Å². The fourth-order valence-electron chi connectivity index (χ4n) is 5.02. The van der Waals surface area contributed by atoms with E-state index in [9.17, 15) is 9.59 Å². The van der Waals surface area contributed by atoms with Crippen LogP contribution in [-0.4, -0.2) is 46.1 Å². The molecular formula is C19H27N3O3. The zero-order chi connectivity index (χ0) is 17.6. The molecule has 1 aliphatic carbocycles. The number of amides is 1. The lowest BCUT2D eigenvalue weighted by Gasteiger charge is -2.35. The highest BCUT2D eigenvalue weighted by Gasteiger charge is 2.43. The van der Waals surface area contributed by atoms with Crippen molar-refractivity contribution in [2.45, 2.75) is 76.5 Å². The molecule has 3 aliphatic rings. The standard InChI is InChI=1S/C19H27N3O3/c1-11-20-17-10-14-7-6-13(9-16(17)18(23)21-11)22(14)19(24)12-4-3-5-15(8-12)25-2/h12-15H,3-10H2,1-2H3,(H,20,21,23)/t12-,13-,14-,15-/m0/s1. The Bertz CT molecular complexity index is 729. The van der Waals surface area contributed by atoms with Crippen LogP contribution < -0.4 is 5.56 Å². The lowest BCUT2D eigenvalue weighted by atomic mass is 9.86. The Morgan fingerprint density at radius 1 is 1.20 bits per heavy atom. The predicted molar refractivity (Wildman–Crippen MR) is 93.4 cm³/mol. The number of carbonyl (C=O) groups excluding carboxylic acids is 1. The molecule has 2 aliphatic heterocycles. The molecule has 1 N–H and O–H groups in total. The second kappa shape index (κ2) is 6.56. The van der Waals surface area contributed by atoms with Crippen LogP contribution in [0.5, 0.6) is 0 Å². The Hall–Kier alpha value is -1.69. The van der Waals surface area contributed by atoms with E-state index in [0.717, 1.165) is 49.8 Å². The number of hydrogen-bond donors (Lipinski definition) is 1. The van der Waals surface area contributed by atoms with E-state index >= 15 is 0 Å². The van der Waals surface area contributed by atoms with Crippen LogP contribution in [0.4, 0.5) is 0 Å². The van der Waals surface area contributed by atoms with Gasteiger partial charge >= 0.3 is 0 Å². The second-order valence-electron chi connectivity index (χ2n) is 7.84. The van der Waals surface area contributed by atoms with E-state index in [1.54, 1.807) is 7.11 Å². The van der Waals surface area contributed by atoms with Gasteiger partial charge in [0.05, 0.1) is 11.8 Å². The van der Waals surface area contributed by atoms with Crippen molar-refractivity contribution in [2.24, 2.45) is 5.92 Å². The quantitative estimate of drug-likeness (QED) is 0.886. The third-order valence-electron chi connectivity index (χ3n) is 6.27. The first-order valence-electron chi connectivity index (χ1n) is 9.50. The van der Waals surface area contributed by atoms with E-state index in [2.05, 4.69) is 14.9 Å². The molecule has 3 heterocycles. The molecule has 25 heavy (non-hydrogen) atoms. The van der Waals surface area contributed by atoms with Gasteiger partial charge in [0.1, 0.15) is 5.82 Å². The Labute approximate surface area is 148 Å². The Balaban J connectivity index is 1.59. The maximum Gasteiger partial charge on any atom is 0.254 e. The zero-order valence-corrected chi connectivity index (χ0v) is 15.1. The number of methoxy groups -OCH3 is 1. The molecule has 1 saturated heterocycles. The first kappa shape index (κ1) is 16.8. The molecule has 6 nitrogen and oxygen atoms in total. The summed E-state index contributed by atoms with van der Waals surface area (Å²) in [5.74, 6) is 1.00. The van der Waals surface area contributed by atoms with Gasteiger partial charge in [-0.05, 0) is 39.0 Å². The van der Waals surface area contributed by atoms with E-state index < -0.39 is 0 Å². The Kier molecular flexibility index (Phi) is 4.40. The van der Waals surface area contributed by atoms with Crippen LogP contribution in [0.1, 0.15) is 55.6 Å². The van der Waals surface area contributed by atoms with Crippen LogP contribution in [0, 0.1) is 12.8 Å². The topological polar surface area (TPSA) is 75.3 Å². The van der Waals surface area contributed by atoms with Gasteiger partial charge in [0.15, 0.2) is 0 Å². The van der Waals surface area contributed by atoms with Crippen molar-refractivity contribution in [3.8, 4) is 0 Å². The summed E-state index contributed by atoms with van der Waals surface area (Å²) in [7, 11) is 1.74. The molecular weight excluding hydrogens is 318 g/mol. The van der Waals surface area contributed by atoms with Gasteiger partial charge in [-0.2, -0.15) is 0 Å². The zero-order valence-electron chi connectivity index (χ0n) is 15.1. The normalized spacial score (nSPS) is 31.5. The average molecular weight is 345 g/mol. The van der Waals surface area contributed by atoms with Gasteiger partial charge in [-0.1, -0.05) is 6.42 Å². The number of rotatable bonds is 2. The number of carbonyl (C=O) groups is 1. The maximum absolute atomic E-state index is 13.3. The number of H-pyrrole nitrogens is 1. The number of aryl methyl sites for hydroxylation is 1. The van der Waals surface area contributed by atoms with E-state index in [1.807, 2.05) is 6.92 Å². The summed E-state index contributed by atoms with van der Waals surface area (Å²) < 4.78 is 5.51. The Morgan fingerprint density at radius 2 is 1.96 bits per heavy atom. The highest BCUT2D eigenvalue weighted by Crippen LogP contribution is 2.36. The molecule has 1 aromatic rings. The number of hydrogen-bond acceptors (Lipinski definition) is 4. The van der Waals surface area contributed by atoms with Crippen molar-refractivity contribution in [2.75, 3.05) is 7.11 Å². The summed E-state index contributed by atoms with van der Waals surface area (Å²) in [4.78, 5) is 35.2. The minimum Gasteiger partial charge on any atom is -0.381 e. The monoisotopic (exact) mass is 345 g/mol. The Morgan fingerprint density at radius 3 is 2.72 bits per heavy atom. The van der Waals surface area contributed by atoms with E-state index in [4.69, 9.17) is 4.74 Å². The molecule has 0 unspecified atom stereocenters. The van der Waals surface area contributed by atoms with E-state index in [-0.39, 0.29) is 35.6 Å². The van der Waals surface area contributed by atoms with Gasteiger partial charge in [-0.25, -0.2) is 4.98 Å². The number of nitrogens with zero attached hydrogens (tertiary/aromatic N) is 2. The van der Waals surface area contributed by atoms with Crippen molar-refractivity contribution < 1.29 is 9.53 Å². The van der Waals surface area contributed by atoms with Gasteiger partial charge < -0.3 is 14.6 Å². The maximum atomic E-state index is 13.3. The van der Waals surface area contributed by atoms with Crippen molar-refractivity contribution in [3.05, 3.63) is 27.4 Å². The molecule has 1 amide bonds. The first-order chi connectivity index (χ1) is 12.1. The largest absolute Gasteiger partial charge is 0.381 e. The summed E-state index contributed by atoms with van der Waals surface area (Å²) in [5.41, 5.74) is 1.65. The second-order valence-corrected chi connectivity index (χ2v) is 7.84. The summed E-state index contributed by atoms with van der Waals surface area (Å²) in [6, 6.07) is 0.336. The van der Waals surface area contributed by atoms with Crippen LogP contribution in [0.25, 0.3) is 0 Å². The molecule has 136 valence electrons. The predicted octanol–water partition coefficient (Wildman–Crippen LogP) is 1.74. The molecule has 0 radical (unpaired) electrons. The minimum atomic E-state index is -0.0282. The van der Waals surface area contributed by atoms with Crippen molar-refractivity contribution >= 4 is 5.91 Å². The molecule has 1 aromatic heterocycles. The molecule has 4 rings (SSSR count). The first-order valence-corrected chi connectivity index (χ1v) is 9.50. The fraction of sp³-hybridized carbons (Fsp3) is 0.737. The highest BCUT2D eigenvalue weighted by atomic mass is 16.5. The lowest BCUT2D eigenvalue weighted by Crippen LogP contribution is -2.46. The third kappa shape index (κ3) is 3.01. The molecule has 0 aromatic carbocycles. The molecule has 6 heteroatoms. The lowest BCUT2D eigenvalue weighted by molar-refractivity contribution is -0.141. The average Bonchev–Trinajstić information content (AvgIpc) is 2.90. The summed E-state index contributed by atoms with van der Waals surface area (Å²) in [5, 5.41) is 0. The highest BCUT2D eigenvalue weighted by molar-refractivity contribution is 5.80. The van der Waals surface area contributed by atoms with Crippen molar-refractivity contribution in [1.82, 2.24) is 14.9 Å².